The maximum absolute atomic E-state index is 6.02. The molecule has 0 radical (unpaired) electrons. The predicted molar refractivity (Wildman–Crippen MR) is 90.8 cm³/mol. The largest absolute Gasteiger partial charge is 0.455 e. The van der Waals surface area contributed by atoms with E-state index in [1.54, 1.807) is 0 Å². The van der Waals surface area contributed by atoms with Crippen LogP contribution in [0.1, 0.15) is 0 Å². The monoisotopic (exact) mass is 335 g/mol. The lowest BCUT2D eigenvalue weighted by atomic mass is 10.1. The minimum Gasteiger partial charge on any atom is -0.455 e. The molecule has 0 amide bonds. The van der Waals surface area contributed by atoms with Crippen molar-refractivity contribution < 1.29 is 4.42 Å². The molecule has 5 aromatic rings. The van der Waals surface area contributed by atoms with Crippen molar-refractivity contribution in [2.45, 2.75) is 0 Å². The van der Waals surface area contributed by atoms with Crippen LogP contribution >= 0.6 is 15.9 Å². The highest BCUT2D eigenvalue weighted by Gasteiger charge is 2.15. The maximum atomic E-state index is 6.02. The number of H-pyrrole nitrogens is 1. The standard InChI is InChI=1S/C18H10BrNO/c19-16-17-12(10-5-1-3-7-14(10)20-17)9-13-11-6-2-4-8-15(11)21-18(13)16/h1-9,20H. The van der Waals surface area contributed by atoms with Gasteiger partial charge in [-0.1, -0.05) is 36.4 Å². The third-order valence-corrected chi connectivity index (χ3v) is 4.84. The quantitative estimate of drug-likeness (QED) is 0.370. The summed E-state index contributed by atoms with van der Waals surface area (Å²) in [4.78, 5) is 3.48. The lowest BCUT2D eigenvalue weighted by Gasteiger charge is -1.97. The van der Waals surface area contributed by atoms with Gasteiger partial charge in [0.2, 0.25) is 0 Å². The van der Waals surface area contributed by atoms with Gasteiger partial charge in [-0.15, -0.1) is 0 Å². The smallest absolute Gasteiger partial charge is 0.151 e. The Morgan fingerprint density at radius 1 is 0.810 bits per heavy atom. The molecule has 0 fully saturated rings. The Morgan fingerprint density at radius 2 is 1.57 bits per heavy atom. The van der Waals surface area contributed by atoms with Crippen molar-refractivity contribution in [1.29, 1.82) is 0 Å². The molecule has 0 aliphatic heterocycles. The Balaban J connectivity index is 2.11. The van der Waals surface area contributed by atoms with Crippen LogP contribution in [-0.4, -0.2) is 4.98 Å². The molecule has 2 aromatic heterocycles. The predicted octanol–water partition coefficient (Wildman–Crippen LogP) is 5.98. The van der Waals surface area contributed by atoms with Gasteiger partial charge in [-0.05, 0) is 34.1 Å². The van der Waals surface area contributed by atoms with Crippen LogP contribution in [0.15, 0.2) is 63.5 Å². The van der Waals surface area contributed by atoms with Crippen LogP contribution in [0.25, 0.3) is 43.7 Å². The summed E-state index contributed by atoms with van der Waals surface area (Å²) in [5.74, 6) is 0. The average molecular weight is 336 g/mol. The van der Waals surface area contributed by atoms with Crippen LogP contribution in [0.2, 0.25) is 0 Å². The van der Waals surface area contributed by atoms with Crippen molar-refractivity contribution in [2.24, 2.45) is 0 Å². The number of halogens is 1. The first kappa shape index (κ1) is 11.4. The summed E-state index contributed by atoms with van der Waals surface area (Å²) < 4.78 is 7.01. The minimum absolute atomic E-state index is 0.898. The lowest BCUT2D eigenvalue weighted by molar-refractivity contribution is 0.667. The van der Waals surface area contributed by atoms with E-state index in [0.29, 0.717) is 0 Å². The van der Waals surface area contributed by atoms with E-state index < -0.39 is 0 Å². The van der Waals surface area contributed by atoms with Crippen LogP contribution in [-0.2, 0) is 0 Å². The van der Waals surface area contributed by atoms with E-state index in [2.05, 4.69) is 51.2 Å². The third kappa shape index (κ3) is 1.41. The summed E-state index contributed by atoms with van der Waals surface area (Å²) in [5, 5.41) is 4.76. The van der Waals surface area contributed by atoms with Crippen molar-refractivity contribution in [3.8, 4) is 0 Å². The van der Waals surface area contributed by atoms with Crippen molar-refractivity contribution >= 4 is 59.7 Å². The van der Waals surface area contributed by atoms with E-state index in [1.807, 2.05) is 24.3 Å². The van der Waals surface area contributed by atoms with Crippen molar-refractivity contribution in [3.05, 3.63) is 59.1 Å². The average Bonchev–Trinajstić information content (AvgIpc) is 3.07. The van der Waals surface area contributed by atoms with Gasteiger partial charge >= 0.3 is 0 Å². The first-order chi connectivity index (χ1) is 10.3. The molecular weight excluding hydrogens is 326 g/mol. The Morgan fingerprint density at radius 3 is 2.48 bits per heavy atom. The second-order valence-corrected chi connectivity index (χ2v) is 6.05. The first-order valence-corrected chi connectivity index (χ1v) is 7.62. The molecule has 3 heteroatoms. The molecule has 5 rings (SSSR count). The highest BCUT2D eigenvalue weighted by atomic mass is 79.9. The zero-order valence-corrected chi connectivity index (χ0v) is 12.6. The number of furan rings is 1. The van der Waals surface area contributed by atoms with Gasteiger partial charge in [0.25, 0.3) is 0 Å². The Kier molecular flexibility index (Phi) is 2.11. The summed E-state index contributed by atoms with van der Waals surface area (Å²) >= 11 is 3.71. The SMILES string of the molecule is Brc1c2[nH]c3ccccc3c2cc2c1oc1ccccc12. The van der Waals surface area contributed by atoms with Crippen LogP contribution in [0.4, 0.5) is 0 Å². The maximum Gasteiger partial charge on any atom is 0.151 e. The minimum atomic E-state index is 0.898. The molecular formula is C18H10BrNO. The number of hydrogen-bond donors (Lipinski definition) is 1. The number of para-hydroxylation sites is 2. The molecule has 0 saturated carbocycles. The Hall–Kier alpha value is -2.26. The Bertz CT molecular complexity index is 1060. The first-order valence-electron chi connectivity index (χ1n) is 6.83. The summed E-state index contributed by atoms with van der Waals surface area (Å²) in [5.41, 5.74) is 4.05. The second-order valence-electron chi connectivity index (χ2n) is 5.26. The molecule has 0 aliphatic carbocycles. The molecule has 21 heavy (non-hydrogen) atoms. The summed E-state index contributed by atoms with van der Waals surface area (Å²) in [6.07, 6.45) is 0. The second kappa shape index (κ2) is 3.89. The number of nitrogens with one attached hydrogen (secondary N) is 1. The van der Waals surface area contributed by atoms with E-state index in [0.717, 1.165) is 37.4 Å². The molecule has 1 N–H and O–H groups in total. The fourth-order valence-corrected chi connectivity index (χ4v) is 3.72. The normalized spacial score (nSPS) is 12.0. The number of benzene rings is 3. The van der Waals surface area contributed by atoms with Crippen LogP contribution < -0.4 is 0 Å². The molecule has 2 nitrogen and oxygen atoms in total. The van der Waals surface area contributed by atoms with Crippen LogP contribution in [0, 0.1) is 0 Å². The molecule has 0 bridgehead atoms. The van der Waals surface area contributed by atoms with Crippen LogP contribution in [0.5, 0.6) is 0 Å². The number of fused-ring (bicyclic) bond motifs is 6. The zero-order valence-electron chi connectivity index (χ0n) is 11.0. The van der Waals surface area contributed by atoms with Crippen molar-refractivity contribution in [1.82, 2.24) is 4.98 Å². The van der Waals surface area contributed by atoms with Gasteiger partial charge in [-0.25, -0.2) is 0 Å². The molecule has 2 heterocycles. The lowest BCUT2D eigenvalue weighted by Crippen LogP contribution is -1.73. The summed E-state index contributed by atoms with van der Waals surface area (Å²) in [6.45, 7) is 0. The van der Waals surface area contributed by atoms with Gasteiger partial charge in [0.1, 0.15) is 5.58 Å². The Labute approximate surface area is 128 Å². The van der Waals surface area contributed by atoms with Gasteiger partial charge in [0, 0.05) is 27.1 Å². The number of aromatic amines is 1. The number of hydrogen-bond acceptors (Lipinski definition) is 1. The molecule has 3 aromatic carbocycles. The van der Waals surface area contributed by atoms with Crippen LogP contribution in [0.3, 0.4) is 0 Å². The van der Waals surface area contributed by atoms with Crippen molar-refractivity contribution in [3.63, 3.8) is 0 Å². The topological polar surface area (TPSA) is 28.9 Å². The highest BCUT2D eigenvalue weighted by molar-refractivity contribution is 9.10. The van der Waals surface area contributed by atoms with Gasteiger partial charge < -0.3 is 9.40 Å². The zero-order chi connectivity index (χ0) is 14.0. The molecule has 0 atom stereocenters. The summed E-state index contributed by atoms with van der Waals surface area (Å²) in [7, 11) is 0. The third-order valence-electron chi connectivity index (χ3n) is 4.09. The molecule has 0 unspecified atom stereocenters. The number of aromatic nitrogens is 1. The van der Waals surface area contributed by atoms with E-state index >= 15 is 0 Å². The van der Waals surface area contributed by atoms with Gasteiger partial charge in [0.15, 0.2) is 5.58 Å². The highest BCUT2D eigenvalue weighted by Crippen LogP contribution is 2.40. The molecule has 0 aliphatic rings. The molecule has 100 valence electrons. The molecule has 0 saturated heterocycles. The van der Waals surface area contributed by atoms with Crippen molar-refractivity contribution in [2.75, 3.05) is 0 Å². The van der Waals surface area contributed by atoms with E-state index in [9.17, 15) is 0 Å². The molecule has 0 spiro atoms. The fourth-order valence-electron chi connectivity index (χ4n) is 3.12. The van der Waals surface area contributed by atoms with Gasteiger partial charge in [-0.2, -0.15) is 0 Å². The fraction of sp³-hybridized carbons (Fsp3) is 0. The number of rotatable bonds is 0. The van der Waals surface area contributed by atoms with Gasteiger partial charge in [0.05, 0.1) is 9.99 Å². The van der Waals surface area contributed by atoms with E-state index in [1.165, 1.54) is 10.8 Å². The van der Waals surface area contributed by atoms with E-state index in [-0.39, 0.29) is 0 Å². The van der Waals surface area contributed by atoms with Gasteiger partial charge in [-0.3, -0.25) is 0 Å². The van der Waals surface area contributed by atoms with E-state index in [4.69, 9.17) is 4.42 Å². The summed E-state index contributed by atoms with van der Waals surface area (Å²) in [6, 6.07) is 18.7.